The van der Waals surface area contributed by atoms with Crippen LogP contribution in [0.1, 0.15) is 31.2 Å². The Kier molecular flexibility index (Phi) is 5.61. The summed E-state index contributed by atoms with van der Waals surface area (Å²) in [5.74, 6) is 2.57. The average molecular weight is 332 g/mol. The molecule has 1 amide bonds. The molecule has 1 saturated heterocycles. The van der Waals surface area contributed by atoms with Crippen LogP contribution < -0.4 is 14.8 Å². The lowest BCUT2D eigenvalue weighted by Crippen LogP contribution is -2.45. The molecule has 2 aliphatic rings. The zero-order valence-corrected chi connectivity index (χ0v) is 14.7. The van der Waals surface area contributed by atoms with Crippen LogP contribution in [0.2, 0.25) is 0 Å². The monoisotopic (exact) mass is 332 g/mol. The van der Waals surface area contributed by atoms with Crippen molar-refractivity contribution in [2.24, 2.45) is 5.92 Å². The number of ether oxygens (including phenoxy) is 2. The lowest BCUT2D eigenvalue weighted by atomic mass is 10.0. The number of methoxy groups -OCH3 is 2. The normalized spacial score (nSPS) is 18.5. The van der Waals surface area contributed by atoms with Crippen molar-refractivity contribution in [2.45, 2.75) is 38.1 Å². The third-order valence-electron chi connectivity index (χ3n) is 5.07. The van der Waals surface area contributed by atoms with E-state index in [0.29, 0.717) is 12.5 Å². The smallest absolute Gasteiger partial charge is 0.227 e. The summed E-state index contributed by atoms with van der Waals surface area (Å²) in [6.45, 7) is 2.83. The number of carbonyl (C=O) groups is 1. The third kappa shape index (κ3) is 4.41. The highest BCUT2D eigenvalue weighted by atomic mass is 16.5. The van der Waals surface area contributed by atoms with Crippen molar-refractivity contribution in [2.75, 3.05) is 33.9 Å². The van der Waals surface area contributed by atoms with Gasteiger partial charge in [0.25, 0.3) is 0 Å². The Labute approximate surface area is 144 Å². The van der Waals surface area contributed by atoms with Crippen molar-refractivity contribution in [1.82, 2.24) is 10.2 Å². The summed E-state index contributed by atoms with van der Waals surface area (Å²) >= 11 is 0. The highest BCUT2D eigenvalue weighted by Gasteiger charge is 2.26. The van der Waals surface area contributed by atoms with Crippen LogP contribution in [0.15, 0.2) is 18.2 Å². The highest BCUT2D eigenvalue weighted by Crippen LogP contribution is 2.28. The topological polar surface area (TPSA) is 50.8 Å². The summed E-state index contributed by atoms with van der Waals surface area (Å²) in [4.78, 5) is 14.6. The predicted octanol–water partition coefficient (Wildman–Crippen LogP) is 2.24. The lowest BCUT2D eigenvalue weighted by molar-refractivity contribution is -0.131. The first-order chi connectivity index (χ1) is 11.7. The van der Waals surface area contributed by atoms with Gasteiger partial charge in [0.15, 0.2) is 0 Å². The molecule has 1 N–H and O–H groups in total. The van der Waals surface area contributed by atoms with E-state index in [0.717, 1.165) is 55.5 Å². The van der Waals surface area contributed by atoms with Gasteiger partial charge in [-0.15, -0.1) is 0 Å². The van der Waals surface area contributed by atoms with Crippen molar-refractivity contribution < 1.29 is 14.3 Å². The van der Waals surface area contributed by atoms with E-state index in [1.807, 2.05) is 23.1 Å². The molecule has 0 atom stereocenters. The molecule has 24 heavy (non-hydrogen) atoms. The number of rotatable bonds is 7. The van der Waals surface area contributed by atoms with E-state index in [-0.39, 0.29) is 5.91 Å². The van der Waals surface area contributed by atoms with Gasteiger partial charge in [-0.3, -0.25) is 4.79 Å². The van der Waals surface area contributed by atoms with Gasteiger partial charge < -0.3 is 19.7 Å². The molecule has 132 valence electrons. The Morgan fingerprint density at radius 2 is 1.92 bits per heavy atom. The van der Waals surface area contributed by atoms with Gasteiger partial charge in [-0.2, -0.15) is 0 Å². The Balaban J connectivity index is 1.51. The van der Waals surface area contributed by atoms with Crippen LogP contribution in [0, 0.1) is 5.92 Å². The van der Waals surface area contributed by atoms with Crippen molar-refractivity contribution in [1.29, 1.82) is 0 Å². The first kappa shape index (κ1) is 17.1. The number of nitrogens with zero attached hydrogens (tertiary/aromatic N) is 1. The molecule has 0 radical (unpaired) electrons. The Morgan fingerprint density at radius 3 is 2.54 bits per heavy atom. The fraction of sp³-hybridized carbons (Fsp3) is 0.632. The van der Waals surface area contributed by atoms with Crippen LogP contribution in [0.3, 0.4) is 0 Å². The molecule has 1 saturated carbocycles. The molecule has 0 bridgehead atoms. The van der Waals surface area contributed by atoms with E-state index in [2.05, 4.69) is 5.32 Å². The van der Waals surface area contributed by atoms with Gasteiger partial charge in [0.2, 0.25) is 5.91 Å². The zero-order chi connectivity index (χ0) is 16.9. The summed E-state index contributed by atoms with van der Waals surface area (Å²) in [6, 6.07) is 6.17. The summed E-state index contributed by atoms with van der Waals surface area (Å²) in [7, 11) is 3.26. The summed E-state index contributed by atoms with van der Waals surface area (Å²) in [6.07, 6.45) is 5.22. The number of nitrogens with one attached hydrogen (secondary N) is 1. The third-order valence-corrected chi connectivity index (χ3v) is 5.07. The van der Waals surface area contributed by atoms with Gasteiger partial charge in [0, 0.05) is 24.7 Å². The van der Waals surface area contributed by atoms with Crippen LogP contribution in [0.5, 0.6) is 11.5 Å². The largest absolute Gasteiger partial charge is 0.497 e. The van der Waals surface area contributed by atoms with Crippen LogP contribution in [-0.4, -0.2) is 50.7 Å². The van der Waals surface area contributed by atoms with Gasteiger partial charge >= 0.3 is 0 Å². The fourth-order valence-corrected chi connectivity index (χ4v) is 3.28. The molecular formula is C19H28N2O3. The standard InChI is InChI=1S/C19H28N2O3/c1-23-17-5-6-18(24-2)15(11-17)12-19(22)21-9-7-16(8-10-21)20-13-14-3-4-14/h5-6,11,14,16,20H,3-4,7-10,12-13H2,1-2H3. The maximum atomic E-state index is 12.6. The van der Waals surface area contributed by atoms with E-state index in [9.17, 15) is 4.79 Å². The van der Waals surface area contributed by atoms with Gasteiger partial charge in [-0.25, -0.2) is 0 Å². The summed E-state index contributed by atoms with van der Waals surface area (Å²) in [5.41, 5.74) is 0.885. The molecule has 1 aromatic rings. The molecular weight excluding hydrogens is 304 g/mol. The van der Waals surface area contributed by atoms with E-state index in [1.54, 1.807) is 14.2 Å². The Morgan fingerprint density at radius 1 is 1.17 bits per heavy atom. The molecule has 3 rings (SSSR count). The molecule has 1 heterocycles. The number of benzene rings is 1. The van der Waals surface area contributed by atoms with Gasteiger partial charge in [-0.05, 0) is 56.3 Å². The number of hydrogen-bond acceptors (Lipinski definition) is 4. The van der Waals surface area contributed by atoms with Crippen LogP contribution in [0.25, 0.3) is 0 Å². The molecule has 1 aromatic carbocycles. The fourth-order valence-electron chi connectivity index (χ4n) is 3.28. The van der Waals surface area contributed by atoms with E-state index >= 15 is 0 Å². The number of carbonyl (C=O) groups excluding carboxylic acids is 1. The first-order valence-corrected chi connectivity index (χ1v) is 8.91. The van der Waals surface area contributed by atoms with Crippen molar-refractivity contribution >= 4 is 5.91 Å². The zero-order valence-electron chi connectivity index (χ0n) is 14.7. The second-order valence-electron chi connectivity index (χ2n) is 6.86. The number of likely N-dealkylation sites (tertiary alicyclic amines) is 1. The van der Waals surface area contributed by atoms with E-state index < -0.39 is 0 Å². The molecule has 5 nitrogen and oxygen atoms in total. The molecule has 5 heteroatoms. The van der Waals surface area contributed by atoms with Gasteiger partial charge in [0.1, 0.15) is 11.5 Å². The number of amides is 1. The van der Waals surface area contributed by atoms with Crippen molar-refractivity contribution in [3.05, 3.63) is 23.8 Å². The van der Waals surface area contributed by atoms with Gasteiger partial charge in [0.05, 0.1) is 20.6 Å². The van der Waals surface area contributed by atoms with Crippen molar-refractivity contribution in [3.8, 4) is 11.5 Å². The number of piperidine rings is 1. The van der Waals surface area contributed by atoms with Gasteiger partial charge in [-0.1, -0.05) is 0 Å². The second kappa shape index (κ2) is 7.88. The van der Waals surface area contributed by atoms with Crippen LogP contribution in [-0.2, 0) is 11.2 Å². The highest BCUT2D eigenvalue weighted by molar-refractivity contribution is 5.79. The van der Waals surface area contributed by atoms with Crippen LogP contribution >= 0.6 is 0 Å². The Bertz CT molecular complexity index is 564. The Hall–Kier alpha value is -1.75. The quantitative estimate of drug-likeness (QED) is 0.832. The second-order valence-corrected chi connectivity index (χ2v) is 6.86. The van der Waals surface area contributed by atoms with E-state index in [4.69, 9.17) is 9.47 Å². The van der Waals surface area contributed by atoms with Crippen LogP contribution in [0.4, 0.5) is 0 Å². The van der Waals surface area contributed by atoms with E-state index in [1.165, 1.54) is 12.8 Å². The minimum atomic E-state index is 0.169. The molecule has 1 aliphatic heterocycles. The summed E-state index contributed by atoms with van der Waals surface area (Å²) < 4.78 is 10.6. The predicted molar refractivity (Wildman–Crippen MR) is 93.6 cm³/mol. The van der Waals surface area contributed by atoms with Crippen molar-refractivity contribution in [3.63, 3.8) is 0 Å². The molecule has 0 aromatic heterocycles. The SMILES string of the molecule is COc1ccc(OC)c(CC(=O)N2CCC(NCC3CC3)CC2)c1. The maximum absolute atomic E-state index is 12.6. The average Bonchev–Trinajstić information content (AvgIpc) is 3.44. The maximum Gasteiger partial charge on any atom is 0.227 e. The lowest BCUT2D eigenvalue weighted by Gasteiger charge is -2.32. The molecule has 0 spiro atoms. The first-order valence-electron chi connectivity index (χ1n) is 8.91. The minimum Gasteiger partial charge on any atom is -0.497 e. The summed E-state index contributed by atoms with van der Waals surface area (Å²) in [5, 5.41) is 3.65. The molecule has 2 fully saturated rings. The molecule has 0 unspecified atom stereocenters. The molecule has 1 aliphatic carbocycles. The number of hydrogen-bond donors (Lipinski definition) is 1. The minimum absolute atomic E-state index is 0.169.